The van der Waals surface area contributed by atoms with Crippen molar-refractivity contribution in [1.29, 1.82) is 0 Å². The summed E-state index contributed by atoms with van der Waals surface area (Å²) in [5.41, 5.74) is 2.06. The average Bonchev–Trinajstić information content (AvgIpc) is 3.10. The molecule has 7 nitrogen and oxygen atoms in total. The summed E-state index contributed by atoms with van der Waals surface area (Å²) in [5, 5.41) is 17.8. The summed E-state index contributed by atoms with van der Waals surface area (Å²) in [6, 6.07) is 4.80. The lowest BCUT2D eigenvalue weighted by atomic mass is 9.94. The molecule has 3 rings (SSSR count). The first-order valence-corrected chi connectivity index (χ1v) is 8.93. The van der Waals surface area contributed by atoms with Crippen molar-refractivity contribution in [3.8, 4) is 0 Å². The van der Waals surface area contributed by atoms with Crippen LogP contribution in [0.4, 0.5) is 4.39 Å². The van der Waals surface area contributed by atoms with E-state index >= 15 is 0 Å². The maximum absolute atomic E-state index is 13.4. The zero-order valence-corrected chi connectivity index (χ0v) is 16.3. The Morgan fingerprint density at radius 1 is 1.25 bits per heavy atom. The Kier molecular flexibility index (Phi) is 5.33. The second kappa shape index (κ2) is 7.55. The average molecular weight is 386 g/mol. The summed E-state index contributed by atoms with van der Waals surface area (Å²) in [7, 11) is 3.73. The third-order valence-electron chi connectivity index (χ3n) is 4.88. The van der Waals surface area contributed by atoms with Gasteiger partial charge in [0.2, 0.25) is 0 Å². The number of aryl methyl sites for hydroxylation is 2. The lowest BCUT2D eigenvalue weighted by Gasteiger charge is -2.26. The summed E-state index contributed by atoms with van der Waals surface area (Å²) in [6.45, 7) is 4.26. The third-order valence-corrected chi connectivity index (χ3v) is 4.88. The molecule has 8 heteroatoms. The van der Waals surface area contributed by atoms with E-state index in [9.17, 15) is 19.1 Å². The Balaban J connectivity index is 2.18. The van der Waals surface area contributed by atoms with Crippen molar-refractivity contribution >= 4 is 17.4 Å². The van der Waals surface area contributed by atoms with Crippen LogP contribution in [0.1, 0.15) is 28.6 Å². The molecule has 2 heterocycles. The molecule has 2 N–H and O–H groups in total. The SMILES string of the molecule is Cc1n[nH]c(C)c1C(O)=C1C(=O)C(=O)N(CCN(C)C)[C@@H]1c1ccc(F)cc1. The molecule has 1 amide bonds. The Labute approximate surface area is 162 Å². The first-order chi connectivity index (χ1) is 13.2. The van der Waals surface area contributed by atoms with Crippen LogP contribution in [0.25, 0.3) is 5.76 Å². The van der Waals surface area contributed by atoms with Crippen LogP contribution in [0, 0.1) is 19.7 Å². The quantitative estimate of drug-likeness (QED) is 0.467. The molecule has 148 valence electrons. The van der Waals surface area contributed by atoms with E-state index in [1.54, 1.807) is 13.8 Å². The number of likely N-dealkylation sites (tertiary alicyclic amines) is 1. The van der Waals surface area contributed by atoms with Gasteiger partial charge in [-0.2, -0.15) is 5.10 Å². The van der Waals surface area contributed by atoms with Gasteiger partial charge in [-0.05, 0) is 45.6 Å². The fourth-order valence-electron chi connectivity index (χ4n) is 3.44. The predicted molar refractivity (Wildman–Crippen MR) is 102 cm³/mol. The van der Waals surface area contributed by atoms with Crippen molar-refractivity contribution in [2.45, 2.75) is 19.9 Å². The number of aromatic nitrogens is 2. The van der Waals surface area contributed by atoms with Gasteiger partial charge in [-0.3, -0.25) is 14.7 Å². The van der Waals surface area contributed by atoms with Gasteiger partial charge in [0, 0.05) is 18.8 Å². The molecule has 2 aromatic rings. The number of nitrogens with zero attached hydrogens (tertiary/aromatic N) is 3. The number of rotatable bonds is 5. The number of hydrogen-bond donors (Lipinski definition) is 2. The highest BCUT2D eigenvalue weighted by Gasteiger charge is 2.46. The summed E-state index contributed by atoms with van der Waals surface area (Å²) >= 11 is 0. The maximum atomic E-state index is 13.4. The molecule has 1 atom stereocenters. The molecule has 1 aliphatic rings. The number of amides is 1. The van der Waals surface area contributed by atoms with Crippen molar-refractivity contribution < 1.29 is 19.1 Å². The lowest BCUT2D eigenvalue weighted by Crippen LogP contribution is -2.35. The molecular formula is C20H23FN4O3. The number of aliphatic hydroxyl groups excluding tert-OH is 1. The topological polar surface area (TPSA) is 89.5 Å². The maximum Gasteiger partial charge on any atom is 0.295 e. The number of aliphatic hydroxyl groups is 1. The zero-order chi connectivity index (χ0) is 20.6. The van der Waals surface area contributed by atoms with Crippen LogP contribution in [0.2, 0.25) is 0 Å². The van der Waals surface area contributed by atoms with Gasteiger partial charge in [0.15, 0.2) is 0 Å². The van der Waals surface area contributed by atoms with Crippen molar-refractivity contribution in [3.63, 3.8) is 0 Å². The van der Waals surface area contributed by atoms with E-state index < -0.39 is 23.5 Å². The fourth-order valence-corrected chi connectivity index (χ4v) is 3.44. The van der Waals surface area contributed by atoms with Gasteiger partial charge in [-0.1, -0.05) is 12.1 Å². The predicted octanol–water partition coefficient (Wildman–Crippen LogP) is 2.15. The molecule has 28 heavy (non-hydrogen) atoms. The summed E-state index contributed by atoms with van der Waals surface area (Å²) in [5.74, 6) is -2.14. The van der Waals surface area contributed by atoms with Crippen molar-refractivity contribution in [2.24, 2.45) is 0 Å². The van der Waals surface area contributed by atoms with E-state index in [-0.39, 0.29) is 11.3 Å². The second-order valence-corrected chi connectivity index (χ2v) is 7.16. The number of benzene rings is 1. The van der Waals surface area contributed by atoms with Crippen molar-refractivity contribution in [1.82, 2.24) is 20.0 Å². The van der Waals surface area contributed by atoms with Gasteiger partial charge in [0.25, 0.3) is 11.7 Å². The summed E-state index contributed by atoms with van der Waals surface area (Å²) < 4.78 is 13.4. The molecule has 1 aliphatic heterocycles. The van der Waals surface area contributed by atoms with Gasteiger partial charge in [-0.15, -0.1) is 0 Å². The van der Waals surface area contributed by atoms with Crippen LogP contribution in [0.15, 0.2) is 29.8 Å². The molecule has 0 saturated carbocycles. The van der Waals surface area contributed by atoms with Crippen molar-refractivity contribution in [2.75, 3.05) is 27.2 Å². The molecule has 0 radical (unpaired) electrons. The number of ketones is 1. The van der Waals surface area contributed by atoms with E-state index in [0.717, 1.165) is 0 Å². The van der Waals surface area contributed by atoms with Crippen LogP contribution in [0.3, 0.4) is 0 Å². The molecule has 0 spiro atoms. The van der Waals surface area contributed by atoms with Gasteiger partial charge in [0.05, 0.1) is 22.9 Å². The summed E-state index contributed by atoms with van der Waals surface area (Å²) in [6.07, 6.45) is 0. The normalized spacial score (nSPS) is 19.1. The fraction of sp³-hybridized carbons (Fsp3) is 0.350. The van der Waals surface area contributed by atoms with E-state index in [1.807, 2.05) is 19.0 Å². The number of carbonyl (C=O) groups is 2. The largest absolute Gasteiger partial charge is 0.507 e. The highest BCUT2D eigenvalue weighted by atomic mass is 19.1. The van der Waals surface area contributed by atoms with Gasteiger partial charge < -0.3 is 14.9 Å². The van der Waals surface area contributed by atoms with E-state index in [0.29, 0.717) is 35.6 Å². The number of nitrogens with one attached hydrogen (secondary N) is 1. The van der Waals surface area contributed by atoms with Crippen LogP contribution in [-0.2, 0) is 9.59 Å². The number of H-pyrrole nitrogens is 1. The van der Waals surface area contributed by atoms with Gasteiger partial charge in [0.1, 0.15) is 11.6 Å². The highest BCUT2D eigenvalue weighted by Crippen LogP contribution is 2.40. The second-order valence-electron chi connectivity index (χ2n) is 7.16. The number of carbonyl (C=O) groups excluding carboxylic acids is 2. The third kappa shape index (κ3) is 3.43. The summed E-state index contributed by atoms with van der Waals surface area (Å²) in [4.78, 5) is 28.9. The lowest BCUT2D eigenvalue weighted by molar-refractivity contribution is -0.140. The minimum absolute atomic E-state index is 0.0111. The monoisotopic (exact) mass is 386 g/mol. The Hall–Kier alpha value is -3.00. The van der Waals surface area contributed by atoms with Crippen LogP contribution in [0.5, 0.6) is 0 Å². The van der Waals surface area contributed by atoms with Crippen LogP contribution >= 0.6 is 0 Å². The molecule has 0 unspecified atom stereocenters. The van der Waals surface area contributed by atoms with E-state index in [4.69, 9.17) is 0 Å². The molecule has 1 aromatic heterocycles. The molecular weight excluding hydrogens is 363 g/mol. The molecule has 0 bridgehead atoms. The minimum Gasteiger partial charge on any atom is -0.507 e. The molecule has 1 fully saturated rings. The number of likely N-dealkylation sites (N-methyl/N-ethyl adjacent to an activating group) is 1. The van der Waals surface area contributed by atoms with Crippen molar-refractivity contribution in [3.05, 3.63) is 58.2 Å². The Morgan fingerprint density at radius 2 is 1.89 bits per heavy atom. The van der Waals surface area contributed by atoms with E-state index in [2.05, 4.69) is 10.2 Å². The van der Waals surface area contributed by atoms with Crippen LogP contribution in [-0.4, -0.2) is 64.0 Å². The van der Waals surface area contributed by atoms with Crippen LogP contribution < -0.4 is 0 Å². The van der Waals surface area contributed by atoms with Gasteiger partial charge in [-0.25, -0.2) is 4.39 Å². The molecule has 1 aromatic carbocycles. The molecule has 1 saturated heterocycles. The standard InChI is InChI=1S/C20H23FN4O3/c1-11-15(12(2)23-22-11)18(26)16-17(13-5-7-14(21)8-6-13)25(10-9-24(3)4)20(28)19(16)27/h5-8,17,26H,9-10H2,1-4H3,(H,22,23)/t17-/m1/s1. The number of aromatic amines is 1. The van der Waals surface area contributed by atoms with Gasteiger partial charge >= 0.3 is 0 Å². The zero-order valence-electron chi connectivity index (χ0n) is 16.3. The number of Topliss-reactive ketones (excluding diaryl/α,β-unsaturated/α-hetero) is 1. The molecule has 0 aliphatic carbocycles. The Morgan fingerprint density at radius 3 is 2.43 bits per heavy atom. The first-order valence-electron chi connectivity index (χ1n) is 8.93. The first kappa shape index (κ1) is 19.8. The Bertz CT molecular complexity index is 927. The smallest absolute Gasteiger partial charge is 0.295 e. The minimum atomic E-state index is -0.797. The highest BCUT2D eigenvalue weighted by molar-refractivity contribution is 6.46. The number of hydrogen-bond acceptors (Lipinski definition) is 5. The number of halogens is 1. The van der Waals surface area contributed by atoms with E-state index in [1.165, 1.54) is 29.2 Å².